The van der Waals surface area contributed by atoms with E-state index in [9.17, 15) is 0 Å². The van der Waals surface area contributed by atoms with E-state index in [0.717, 1.165) is 34.6 Å². The van der Waals surface area contributed by atoms with Crippen LogP contribution in [-0.4, -0.2) is 21.4 Å². The Morgan fingerprint density at radius 3 is 3.05 bits per heavy atom. The predicted molar refractivity (Wildman–Crippen MR) is 83.9 cm³/mol. The van der Waals surface area contributed by atoms with Gasteiger partial charge in [-0.25, -0.2) is 0 Å². The van der Waals surface area contributed by atoms with Crippen LogP contribution in [0.5, 0.6) is 5.75 Å². The van der Waals surface area contributed by atoms with Gasteiger partial charge in [-0.05, 0) is 29.9 Å². The third kappa shape index (κ3) is 2.42. The fourth-order valence-electron chi connectivity index (χ4n) is 2.56. The molecule has 0 radical (unpaired) electrons. The minimum absolute atomic E-state index is 0.323. The molecule has 1 aromatic heterocycles. The lowest BCUT2D eigenvalue weighted by atomic mass is 10.1. The minimum atomic E-state index is 0.323. The van der Waals surface area contributed by atoms with E-state index < -0.39 is 0 Å². The smallest absolute Gasteiger partial charge is 0.195 e. The number of H-pyrrole nitrogens is 1. The van der Waals surface area contributed by atoms with E-state index in [1.54, 1.807) is 0 Å². The van der Waals surface area contributed by atoms with Crippen LogP contribution in [0.1, 0.15) is 36.7 Å². The molecule has 0 saturated carbocycles. The summed E-state index contributed by atoms with van der Waals surface area (Å²) in [6.45, 7) is 5.67. The maximum Gasteiger partial charge on any atom is 0.195 e. The first-order valence-corrected chi connectivity index (χ1v) is 7.85. The maximum absolute atomic E-state index is 5.77. The number of aromatic nitrogens is 3. The number of benzene rings is 1. The molecule has 106 valence electrons. The largest absolute Gasteiger partial charge is 0.493 e. The summed E-state index contributed by atoms with van der Waals surface area (Å²) in [5.74, 6) is 2.30. The second-order valence-electron chi connectivity index (χ2n) is 5.28. The van der Waals surface area contributed by atoms with Crippen molar-refractivity contribution in [2.24, 2.45) is 0 Å². The van der Waals surface area contributed by atoms with Gasteiger partial charge >= 0.3 is 0 Å². The predicted octanol–water partition coefficient (Wildman–Crippen LogP) is 3.81. The number of ether oxygens (including phenoxy) is 1. The molecule has 3 rings (SSSR count). The topological polar surface area (TPSA) is 42.8 Å². The third-order valence-electron chi connectivity index (χ3n) is 3.46. The number of hydrogen-bond donors (Lipinski definition) is 1. The quantitative estimate of drug-likeness (QED) is 0.853. The minimum Gasteiger partial charge on any atom is -0.493 e. The molecular weight excluding hydrogens is 338 g/mol. The van der Waals surface area contributed by atoms with Crippen LogP contribution < -0.4 is 4.74 Å². The molecule has 0 bridgehead atoms. The van der Waals surface area contributed by atoms with Crippen molar-refractivity contribution in [3.8, 4) is 5.75 Å². The lowest BCUT2D eigenvalue weighted by Gasteiger charge is -2.12. The molecule has 4 nitrogen and oxygen atoms in total. The lowest BCUT2D eigenvalue weighted by molar-refractivity contribution is 0.352. The van der Waals surface area contributed by atoms with Crippen LogP contribution in [0.25, 0.3) is 0 Å². The first kappa shape index (κ1) is 13.8. The summed E-state index contributed by atoms with van der Waals surface area (Å²) < 4.78 is 9.55. The van der Waals surface area contributed by atoms with Crippen LogP contribution in [0.15, 0.2) is 16.6 Å². The molecule has 1 aliphatic rings. The molecule has 0 saturated heterocycles. The molecule has 20 heavy (non-hydrogen) atoms. The number of nitrogens with zero attached hydrogens (tertiary/aromatic N) is 2. The van der Waals surface area contributed by atoms with Crippen molar-refractivity contribution in [3.63, 3.8) is 0 Å². The van der Waals surface area contributed by atoms with E-state index in [1.165, 1.54) is 5.56 Å². The number of nitrogens with one attached hydrogen (secondary N) is 1. The van der Waals surface area contributed by atoms with E-state index in [2.05, 4.69) is 52.1 Å². The van der Waals surface area contributed by atoms with Crippen LogP contribution in [-0.2, 0) is 13.0 Å². The molecule has 6 heteroatoms. The fourth-order valence-corrected chi connectivity index (χ4v) is 3.31. The normalized spacial score (nSPS) is 13.6. The van der Waals surface area contributed by atoms with Gasteiger partial charge in [0.05, 0.1) is 13.2 Å². The molecule has 1 aliphatic heterocycles. The lowest BCUT2D eigenvalue weighted by Crippen LogP contribution is -2.08. The number of hydrogen-bond acceptors (Lipinski definition) is 3. The monoisotopic (exact) mass is 353 g/mol. The van der Waals surface area contributed by atoms with Crippen LogP contribution in [0.4, 0.5) is 0 Å². The Labute approximate surface area is 131 Å². The standard InChI is InChI=1S/C14H16BrN3OS/c1-8(2)13-16-17-14(20)18(13)7-10-6-11(15)5-9-3-4-19-12(9)10/h5-6,8H,3-4,7H2,1-2H3,(H,17,20). The van der Waals surface area contributed by atoms with Crippen molar-refractivity contribution >= 4 is 28.1 Å². The van der Waals surface area contributed by atoms with Crippen molar-refractivity contribution in [2.75, 3.05) is 6.61 Å². The number of rotatable bonds is 3. The van der Waals surface area contributed by atoms with Gasteiger partial charge < -0.3 is 4.74 Å². The summed E-state index contributed by atoms with van der Waals surface area (Å²) in [7, 11) is 0. The zero-order valence-electron chi connectivity index (χ0n) is 11.4. The summed E-state index contributed by atoms with van der Waals surface area (Å²) in [4.78, 5) is 0. The highest BCUT2D eigenvalue weighted by atomic mass is 79.9. The molecule has 2 heterocycles. The first-order chi connectivity index (χ1) is 9.56. The molecule has 2 aromatic rings. The van der Waals surface area contributed by atoms with Crippen molar-refractivity contribution in [1.29, 1.82) is 0 Å². The highest BCUT2D eigenvalue weighted by Crippen LogP contribution is 2.33. The van der Waals surface area contributed by atoms with Crippen LogP contribution in [0.3, 0.4) is 0 Å². The molecule has 1 N–H and O–H groups in total. The van der Waals surface area contributed by atoms with Crippen molar-refractivity contribution < 1.29 is 4.74 Å². The average molecular weight is 354 g/mol. The van der Waals surface area contributed by atoms with E-state index >= 15 is 0 Å². The van der Waals surface area contributed by atoms with E-state index in [-0.39, 0.29) is 0 Å². The summed E-state index contributed by atoms with van der Waals surface area (Å²) in [5, 5.41) is 7.21. The fraction of sp³-hybridized carbons (Fsp3) is 0.429. The summed E-state index contributed by atoms with van der Waals surface area (Å²) in [5.41, 5.74) is 2.40. The Morgan fingerprint density at radius 2 is 2.30 bits per heavy atom. The van der Waals surface area contributed by atoms with Gasteiger partial charge in [0.15, 0.2) is 4.77 Å². The SMILES string of the molecule is CC(C)c1n[nH]c(=S)n1Cc1cc(Br)cc2c1OCC2. The van der Waals surface area contributed by atoms with E-state index in [0.29, 0.717) is 17.2 Å². The van der Waals surface area contributed by atoms with E-state index in [1.807, 2.05) is 4.57 Å². The van der Waals surface area contributed by atoms with Gasteiger partial charge in [0.25, 0.3) is 0 Å². The van der Waals surface area contributed by atoms with Gasteiger partial charge in [-0.3, -0.25) is 9.67 Å². The third-order valence-corrected chi connectivity index (χ3v) is 4.23. The van der Waals surface area contributed by atoms with Gasteiger partial charge in [0, 0.05) is 22.4 Å². The van der Waals surface area contributed by atoms with Crippen molar-refractivity contribution in [1.82, 2.24) is 14.8 Å². The number of halogens is 1. The molecule has 0 fully saturated rings. The molecule has 0 atom stereocenters. The Morgan fingerprint density at radius 1 is 1.50 bits per heavy atom. The molecule has 0 unspecified atom stereocenters. The Kier molecular flexibility index (Phi) is 3.69. The van der Waals surface area contributed by atoms with Gasteiger partial charge in [-0.2, -0.15) is 5.10 Å². The first-order valence-electron chi connectivity index (χ1n) is 6.65. The van der Waals surface area contributed by atoms with Crippen LogP contribution in [0, 0.1) is 4.77 Å². The summed E-state index contributed by atoms with van der Waals surface area (Å²) in [6.07, 6.45) is 0.968. The van der Waals surface area contributed by atoms with Gasteiger partial charge in [-0.15, -0.1) is 0 Å². The average Bonchev–Trinajstić information content (AvgIpc) is 2.97. The molecule has 0 amide bonds. The Hall–Kier alpha value is -1.14. The molecule has 0 spiro atoms. The zero-order valence-corrected chi connectivity index (χ0v) is 13.8. The van der Waals surface area contributed by atoms with Crippen LogP contribution >= 0.6 is 28.1 Å². The Balaban J connectivity index is 2.05. The maximum atomic E-state index is 5.77. The highest BCUT2D eigenvalue weighted by Gasteiger charge is 2.19. The zero-order chi connectivity index (χ0) is 14.3. The van der Waals surface area contributed by atoms with Gasteiger partial charge in [-0.1, -0.05) is 29.8 Å². The highest BCUT2D eigenvalue weighted by molar-refractivity contribution is 9.10. The van der Waals surface area contributed by atoms with Crippen molar-refractivity contribution in [2.45, 2.75) is 32.7 Å². The summed E-state index contributed by atoms with van der Waals surface area (Å²) in [6, 6.07) is 4.23. The van der Waals surface area contributed by atoms with Gasteiger partial charge in [0.1, 0.15) is 11.6 Å². The number of aromatic amines is 1. The number of fused-ring (bicyclic) bond motifs is 1. The van der Waals surface area contributed by atoms with Crippen molar-refractivity contribution in [3.05, 3.63) is 38.3 Å². The van der Waals surface area contributed by atoms with Crippen LogP contribution in [0.2, 0.25) is 0 Å². The second kappa shape index (κ2) is 5.33. The molecule has 1 aromatic carbocycles. The second-order valence-corrected chi connectivity index (χ2v) is 6.58. The molecular formula is C14H16BrN3OS. The molecule has 0 aliphatic carbocycles. The Bertz CT molecular complexity index is 705. The van der Waals surface area contributed by atoms with E-state index in [4.69, 9.17) is 17.0 Å². The summed E-state index contributed by atoms with van der Waals surface area (Å²) >= 11 is 8.92. The van der Waals surface area contributed by atoms with Gasteiger partial charge in [0.2, 0.25) is 0 Å².